The molecule has 0 bridgehead atoms. The Morgan fingerprint density at radius 3 is 1.69 bits per heavy atom. The predicted molar refractivity (Wildman–Crippen MR) is 325 cm³/mol. The van der Waals surface area contributed by atoms with E-state index in [1.54, 1.807) is 0 Å². The number of hydrogen-bond acceptors (Lipinski definition) is 5. The second kappa shape index (κ2) is 16.4. The van der Waals surface area contributed by atoms with Crippen molar-refractivity contribution < 1.29 is 4.42 Å². The standard InChI is InChI=1S/C72H42N2OS2/c1-6-26-57-46(17-1)47-18-2-7-27-58(47)72(57)59-28-8-3-19-48(59)49-35-33-45(41-60(49)72)43-16-11-15-42(39-43)44-34-38-63-56(40-44)68-55(25-13-29-64(68)75-63)71-73-61(52-23-14-32-67-69(52)54-21-5-10-31-66(54)76-67)36-37-62(74-71)53-24-12-22-51-50-20-4-9-30-65(50)77-70(51)53/h1-35,37-41H,36H2. The van der Waals surface area contributed by atoms with Gasteiger partial charge in [0.25, 0.3) is 0 Å². The van der Waals surface area contributed by atoms with E-state index in [0.717, 1.165) is 61.2 Å². The lowest BCUT2D eigenvalue weighted by molar-refractivity contribution is 0.669. The summed E-state index contributed by atoms with van der Waals surface area (Å²) in [6.45, 7) is 0. The normalized spacial score (nSPS) is 14.3. The first-order valence-electron chi connectivity index (χ1n) is 26.3. The lowest BCUT2D eigenvalue weighted by Crippen LogP contribution is -2.25. The largest absolute Gasteiger partial charge is 0.456 e. The van der Waals surface area contributed by atoms with Crippen LogP contribution in [0.3, 0.4) is 0 Å². The predicted octanol–water partition coefficient (Wildman–Crippen LogP) is 19.7. The number of furan rings is 1. The van der Waals surface area contributed by atoms with Crippen LogP contribution in [0, 0.1) is 0 Å². The van der Waals surface area contributed by atoms with Crippen molar-refractivity contribution in [2.24, 2.45) is 9.98 Å². The summed E-state index contributed by atoms with van der Waals surface area (Å²) >= 11 is 3.67. The van der Waals surface area contributed by atoms with E-state index in [0.29, 0.717) is 12.3 Å². The molecule has 1 aliphatic heterocycles. The number of allylic oxidation sites excluding steroid dienone is 1. The van der Waals surface area contributed by atoms with Gasteiger partial charge < -0.3 is 4.42 Å². The Morgan fingerprint density at radius 2 is 0.909 bits per heavy atom. The quantitative estimate of drug-likeness (QED) is 0.169. The van der Waals surface area contributed by atoms with Crippen molar-refractivity contribution in [1.82, 2.24) is 0 Å². The molecule has 0 saturated heterocycles. The number of amidine groups is 1. The van der Waals surface area contributed by atoms with Crippen LogP contribution in [0.15, 0.2) is 257 Å². The summed E-state index contributed by atoms with van der Waals surface area (Å²) in [6, 6.07) is 86.9. The third kappa shape index (κ3) is 6.18. The fraction of sp³-hybridized carbons (Fsp3) is 0.0278. The molecule has 0 saturated carbocycles. The summed E-state index contributed by atoms with van der Waals surface area (Å²) in [5.74, 6) is 0.670. The maximum absolute atomic E-state index is 6.76. The van der Waals surface area contributed by atoms with Crippen molar-refractivity contribution in [2.45, 2.75) is 11.8 Å². The van der Waals surface area contributed by atoms with Crippen molar-refractivity contribution in [2.75, 3.05) is 0 Å². The minimum Gasteiger partial charge on any atom is -0.456 e. The van der Waals surface area contributed by atoms with Gasteiger partial charge in [0.15, 0.2) is 5.84 Å². The van der Waals surface area contributed by atoms with Crippen molar-refractivity contribution >= 4 is 102 Å². The first-order valence-corrected chi connectivity index (χ1v) is 28.0. The number of hydrogen-bond donors (Lipinski definition) is 0. The minimum absolute atomic E-state index is 0.404. The summed E-state index contributed by atoms with van der Waals surface area (Å²) in [5, 5.41) is 7.04. The molecule has 3 aromatic heterocycles. The van der Waals surface area contributed by atoms with E-state index in [1.165, 1.54) is 96.0 Å². The molecule has 0 fully saturated rings. The maximum atomic E-state index is 6.76. The van der Waals surface area contributed by atoms with E-state index in [9.17, 15) is 0 Å². The van der Waals surface area contributed by atoms with Crippen LogP contribution in [0.5, 0.6) is 0 Å². The highest BCUT2D eigenvalue weighted by atomic mass is 32.1. The monoisotopic (exact) mass is 1010 g/mol. The van der Waals surface area contributed by atoms with Crippen LogP contribution in [0.25, 0.3) is 112 Å². The van der Waals surface area contributed by atoms with E-state index in [4.69, 9.17) is 14.4 Å². The van der Waals surface area contributed by atoms with Crippen LogP contribution in [0.4, 0.5) is 0 Å². The summed E-state index contributed by atoms with van der Waals surface area (Å²) in [5.41, 5.74) is 21.6. The Bertz CT molecular complexity index is 4920. The highest BCUT2D eigenvalue weighted by molar-refractivity contribution is 7.26. The Hall–Kier alpha value is -9.26. The molecule has 0 atom stereocenters. The van der Waals surface area contributed by atoms with Gasteiger partial charge in [0.2, 0.25) is 0 Å². The zero-order valence-corrected chi connectivity index (χ0v) is 43.1. The van der Waals surface area contributed by atoms with E-state index < -0.39 is 5.41 Å². The first kappa shape index (κ1) is 43.0. The summed E-state index contributed by atoms with van der Waals surface area (Å²) in [6.07, 6.45) is 2.91. The van der Waals surface area contributed by atoms with Crippen LogP contribution in [-0.2, 0) is 5.41 Å². The molecule has 77 heavy (non-hydrogen) atoms. The van der Waals surface area contributed by atoms with Crippen molar-refractivity contribution in [1.29, 1.82) is 0 Å². The van der Waals surface area contributed by atoms with Gasteiger partial charge in [-0.2, -0.15) is 0 Å². The number of fused-ring (bicyclic) bond motifs is 19. The highest BCUT2D eigenvalue weighted by Crippen LogP contribution is 2.63. The Balaban J connectivity index is 0.822. The topological polar surface area (TPSA) is 37.9 Å². The molecule has 1 spiro atoms. The third-order valence-corrected chi connectivity index (χ3v) is 19.0. The molecule has 3 aliphatic rings. The molecule has 0 amide bonds. The molecule has 11 aromatic carbocycles. The van der Waals surface area contributed by atoms with Crippen LogP contribution in [0.1, 0.15) is 45.4 Å². The van der Waals surface area contributed by atoms with Gasteiger partial charge in [-0.05, 0) is 115 Å². The van der Waals surface area contributed by atoms with Gasteiger partial charge in [0, 0.05) is 74.2 Å². The zero-order chi connectivity index (χ0) is 50.3. The zero-order valence-electron chi connectivity index (χ0n) is 41.4. The Morgan fingerprint density at radius 1 is 0.351 bits per heavy atom. The fourth-order valence-corrected chi connectivity index (χ4v) is 15.7. The molecule has 5 heteroatoms. The molecule has 358 valence electrons. The van der Waals surface area contributed by atoms with E-state index in [1.807, 2.05) is 22.7 Å². The van der Waals surface area contributed by atoms with Crippen LogP contribution >= 0.6 is 22.7 Å². The van der Waals surface area contributed by atoms with Gasteiger partial charge in [0.1, 0.15) is 11.2 Å². The molecule has 14 aromatic rings. The average molecular weight is 1020 g/mol. The van der Waals surface area contributed by atoms with Gasteiger partial charge in [0.05, 0.1) is 16.8 Å². The fourth-order valence-electron chi connectivity index (χ4n) is 13.3. The molecule has 0 N–H and O–H groups in total. The van der Waals surface area contributed by atoms with Gasteiger partial charge in [-0.1, -0.05) is 194 Å². The molecule has 0 radical (unpaired) electrons. The molecular formula is C72H42N2OS2. The van der Waals surface area contributed by atoms with E-state index in [2.05, 4.69) is 243 Å². The number of rotatable bonds is 5. The summed E-state index contributed by atoms with van der Waals surface area (Å²) in [7, 11) is 0. The van der Waals surface area contributed by atoms with Crippen LogP contribution in [-0.4, -0.2) is 11.5 Å². The van der Waals surface area contributed by atoms with Gasteiger partial charge in [-0.15, -0.1) is 22.7 Å². The summed E-state index contributed by atoms with van der Waals surface area (Å²) in [4.78, 5) is 11.3. The van der Waals surface area contributed by atoms with Gasteiger partial charge in [-0.3, -0.25) is 0 Å². The van der Waals surface area contributed by atoms with E-state index >= 15 is 0 Å². The van der Waals surface area contributed by atoms with Crippen molar-refractivity contribution in [3.8, 4) is 44.5 Å². The maximum Gasteiger partial charge on any atom is 0.160 e. The average Bonchev–Trinajstić information content (AvgIpc) is 4.45. The van der Waals surface area contributed by atoms with Gasteiger partial charge in [-0.25, -0.2) is 9.98 Å². The summed E-state index contributed by atoms with van der Waals surface area (Å²) < 4.78 is 11.8. The lowest BCUT2D eigenvalue weighted by atomic mass is 9.70. The molecule has 2 aliphatic carbocycles. The lowest BCUT2D eigenvalue weighted by Gasteiger charge is -2.30. The molecule has 3 nitrogen and oxygen atoms in total. The third-order valence-electron chi connectivity index (χ3n) is 16.6. The minimum atomic E-state index is -0.404. The molecular weight excluding hydrogens is 973 g/mol. The van der Waals surface area contributed by atoms with Crippen molar-refractivity contribution in [3.63, 3.8) is 0 Å². The second-order valence-electron chi connectivity index (χ2n) is 20.6. The van der Waals surface area contributed by atoms with Gasteiger partial charge >= 0.3 is 0 Å². The highest BCUT2D eigenvalue weighted by Gasteiger charge is 2.51. The SMILES string of the molecule is C1=C(c2cccc3c2sc2ccccc23)N=C(c2cccc3oc4ccc(-c5cccc(-c6ccc7c(c6)C6(c8ccccc8-c8ccccc86)c6ccccc6-7)c5)cc4c23)N=C(c2cccc3sc4ccccc4c23)C1. The van der Waals surface area contributed by atoms with E-state index in [-0.39, 0.29) is 0 Å². The second-order valence-corrected chi connectivity index (χ2v) is 22.7. The first-order chi connectivity index (χ1) is 38.2. The van der Waals surface area contributed by atoms with Crippen LogP contribution in [0.2, 0.25) is 0 Å². The number of aliphatic imine (C=N–C) groups is 2. The molecule has 0 unspecified atom stereocenters. The molecule has 4 heterocycles. The smallest absolute Gasteiger partial charge is 0.160 e. The van der Waals surface area contributed by atoms with Crippen molar-refractivity contribution in [3.05, 3.63) is 282 Å². The number of benzene rings is 11. The molecule has 17 rings (SSSR count). The Kier molecular flexibility index (Phi) is 9.15. The number of nitrogens with zero attached hydrogens (tertiary/aromatic N) is 2. The number of thiophene rings is 2. The Labute approximate surface area is 451 Å². The van der Waals surface area contributed by atoms with Crippen LogP contribution < -0.4 is 0 Å².